The van der Waals surface area contributed by atoms with Crippen LogP contribution >= 0.6 is 0 Å². The quantitative estimate of drug-likeness (QED) is 0.411. The second-order valence-electron chi connectivity index (χ2n) is 7.68. The Morgan fingerprint density at radius 1 is 1.21 bits per heavy atom. The Morgan fingerprint density at radius 3 is 2.17 bits per heavy atom. The highest BCUT2D eigenvalue weighted by Crippen LogP contribution is 2.40. The third-order valence-corrected chi connectivity index (χ3v) is 9.24. The van der Waals surface area contributed by atoms with Crippen molar-refractivity contribution in [1.82, 2.24) is 4.90 Å². The molecule has 0 bridgehead atoms. The number of esters is 2. The smallest absolute Gasteiger partial charge is 0.304 e. The first-order valence-corrected chi connectivity index (χ1v) is 11.0. The molecule has 1 aliphatic heterocycles. The van der Waals surface area contributed by atoms with Crippen molar-refractivity contribution in [2.45, 2.75) is 72.0 Å². The lowest BCUT2D eigenvalue weighted by Gasteiger charge is -2.49. The highest BCUT2D eigenvalue weighted by Gasteiger charge is 2.54. The lowest BCUT2D eigenvalue weighted by Crippen LogP contribution is -2.67. The van der Waals surface area contributed by atoms with Gasteiger partial charge < -0.3 is 13.9 Å². The minimum atomic E-state index is -2.07. The van der Waals surface area contributed by atoms with Gasteiger partial charge in [-0.25, -0.2) is 0 Å². The van der Waals surface area contributed by atoms with Crippen LogP contribution in [0.25, 0.3) is 0 Å². The van der Waals surface area contributed by atoms with Crippen molar-refractivity contribution in [3.8, 4) is 0 Å². The lowest BCUT2D eigenvalue weighted by molar-refractivity contribution is -0.217. The molecule has 1 aliphatic rings. The van der Waals surface area contributed by atoms with Crippen LogP contribution in [0.5, 0.6) is 0 Å². The molecule has 1 saturated heterocycles. The summed E-state index contributed by atoms with van der Waals surface area (Å²) in [6, 6.07) is 0. The van der Waals surface area contributed by atoms with E-state index in [-0.39, 0.29) is 17.7 Å². The zero-order chi connectivity index (χ0) is 18.9. The van der Waals surface area contributed by atoms with E-state index in [4.69, 9.17) is 13.9 Å². The van der Waals surface area contributed by atoms with Gasteiger partial charge >= 0.3 is 11.9 Å². The maximum absolute atomic E-state index is 12.4. The van der Waals surface area contributed by atoms with Gasteiger partial charge in [0.05, 0.1) is 6.10 Å². The van der Waals surface area contributed by atoms with E-state index in [1.807, 2.05) is 6.92 Å². The van der Waals surface area contributed by atoms with Crippen LogP contribution in [-0.2, 0) is 28.3 Å². The third kappa shape index (κ3) is 4.57. The zero-order valence-electron chi connectivity index (χ0n) is 15.8. The van der Waals surface area contributed by atoms with Crippen molar-refractivity contribution in [2.24, 2.45) is 5.92 Å². The van der Waals surface area contributed by atoms with Crippen LogP contribution in [0.4, 0.5) is 0 Å². The Morgan fingerprint density at radius 2 is 1.75 bits per heavy atom. The minimum absolute atomic E-state index is 0.00239. The maximum atomic E-state index is 12.4. The topological polar surface area (TPSA) is 82.1 Å². The van der Waals surface area contributed by atoms with E-state index in [1.54, 1.807) is 0 Å². The summed E-state index contributed by atoms with van der Waals surface area (Å²) < 4.78 is 16.4. The second kappa shape index (κ2) is 7.22. The van der Waals surface area contributed by atoms with Crippen LogP contribution in [0.15, 0.2) is 0 Å². The molecular formula is C16H29NO6Si. The van der Waals surface area contributed by atoms with E-state index in [9.17, 15) is 14.4 Å². The Labute approximate surface area is 144 Å². The van der Waals surface area contributed by atoms with E-state index in [0.717, 1.165) is 0 Å². The number of rotatable bonds is 6. The van der Waals surface area contributed by atoms with Gasteiger partial charge in [-0.05, 0) is 25.1 Å². The van der Waals surface area contributed by atoms with E-state index < -0.39 is 38.5 Å². The number of β-lactam (4-membered cyclic amide) rings is 1. The summed E-state index contributed by atoms with van der Waals surface area (Å²) in [5, 5.41) is 0.00239. The number of carbonyl (C=O) groups excluding carboxylic acids is 3. The molecule has 24 heavy (non-hydrogen) atoms. The van der Waals surface area contributed by atoms with Crippen LogP contribution < -0.4 is 0 Å². The Bertz CT molecular complexity index is 513. The summed E-state index contributed by atoms with van der Waals surface area (Å²) in [5.41, 5.74) is 0. The van der Waals surface area contributed by atoms with Crippen LogP contribution in [0.3, 0.4) is 0 Å². The average molecular weight is 359 g/mol. The Hall–Kier alpha value is -1.41. The molecule has 3 atom stereocenters. The molecule has 8 heteroatoms. The third-order valence-electron chi connectivity index (χ3n) is 4.67. The molecule has 0 unspecified atom stereocenters. The number of hydrogen-bond acceptors (Lipinski definition) is 6. The summed E-state index contributed by atoms with van der Waals surface area (Å²) in [7, 11) is -2.07. The molecule has 0 aromatic rings. The predicted octanol–water partition coefficient (Wildman–Crippen LogP) is 2.26. The van der Waals surface area contributed by atoms with E-state index in [1.165, 1.54) is 18.7 Å². The summed E-state index contributed by atoms with van der Waals surface area (Å²) in [4.78, 5) is 36.0. The summed E-state index contributed by atoms with van der Waals surface area (Å²) in [6.07, 6.45) is -1.16. The van der Waals surface area contributed by atoms with Crippen molar-refractivity contribution in [3.63, 3.8) is 0 Å². The fourth-order valence-electron chi connectivity index (χ4n) is 2.30. The van der Waals surface area contributed by atoms with Crippen LogP contribution in [0.1, 0.15) is 41.5 Å². The lowest BCUT2D eigenvalue weighted by atomic mass is 9.91. The molecule has 0 radical (unpaired) electrons. The van der Waals surface area contributed by atoms with E-state index in [2.05, 4.69) is 33.9 Å². The molecule has 0 spiro atoms. The van der Waals surface area contributed by atoms with Crippen LogP contribution in [-0.4, -0.2) is 50.1 Å². The molecular weight excluding hydrogens is 330 g/mol. The number of likely N-dealkylation sites (tertiary alicyclic amines) is 1. The van der Waals surface area contributed by atoms with Gasteiger partial charge in [0.25, 0.3) is 0 Å². The summed E-state index contributed by atoms with van der Waals surface area (Å²) in [6.45, 7) is 14.7. The first kappa shape index (κ1) is 20.6. The van der Waals surface area contributed by atoms with Crippen molar-refractivity contribution < 1.29 is 28.3 Å². The van der Waals surface area contributed by atoms with Crippen LogP contribution in [0, 0.1) is 5.92 Å². The first-order chi connectivity index (χ1) is 10.8. The molecule has 0 aliphatic carbocycles. The normalized spacial score (nSPS) is 22.7. The fraction of sp³-hybridized carbons (Fsp3) is 0.812. The minimum Gasteiger partial charge on any atom is -0.444 e. The summed E-state index contributed by atoms with van der Waals surface area (Å²) in [5.74, 6) is -1.82. The SMILES string of the molecule is CC(=O)OCN1C(=O)[C@H]([C@@H](C)O[Si](C)(C)C(C)(C)C)[C@H]1OC(C)=O. The molecule has 0 saturated carbocycles. The number of carbonyl (C=O) groups is 3. The maximum Gasteiger partial charge on any atom is 0.304 e. The largest absolute Gasteiger partial charge is 0.444 e. The number of amides is 1. The Balaban J connectivity index is 2.86. The standard InChI is InChI=1S/C16H29NO6Si/c1-10(23-24(7,8)16(4,5)6)13-14(20)17(9-21-11(2)18)15(13)22-12(3)19/h10,13,15H,9H2,1-8H3/t10-,13+,15-/m1/s1. The second-order valence-corrected chi connectivity index (χ2v) is 12.4. The number of ether oxygens (including phenoxy) is 2. The average Bonchev–Trinajstić information content (AvgIpc) is 2.35. The molecule has 1 fully saturated rings. The van der Waals surface area contributed by atoms with Crippen molar-refractivity contribution in [2.75, 3.05) is 6.73 Å². The molecule has 0 aromatic carbocycles. The molecule has 1 rings (SSSR count). The van der Waals surface area contributed by atoms with Gasteiger partial charge in [0, 0.05) is 13.8 Å². The van der Waals surface area contributed by atoms with Crippen molar-refractivity contribution in [3.05, 3.63) is 0 Å². The number of hydrogen-bond donors (Lipinski definition) is 0. The molecule has 1 amide bonds. The van der Waals surface area contributed by atoms with E-state index in [0.29, 0.717) is 0 Å². The fourth-order valence-corrected chi connectivity index (χ4v) is 3.73. The highest BCUT2D eigenvalue weighted by molar-refractivity contribution is 6.74. The molecule has 138 valence electrons. The van der Waals surface area contributed by atoms with E-state index >= 15 is 0 Å². The van der Waals surface area contributed by atoms with Gasteiger partial charge in [0.15, 0.2) is 21.3 Å². The molecule has 0 N–H and O–H groups in total. The number of nitrogens with zero attached hydrogens (tertiary/aromatic N) is 1. The monoisotopic (exact) mass is 359 g/mol. The predicted molar refractivity (Wildman–Crippen MR) is 90.3 cm³/mol. The Kier molecular flexibility index (Phi) is 6.21. The van der Waals surface area contributed by atoms with Gasteiger partial charge in [-0.3, -0.25) is 19.3 Å². The molecule has 1 heterocycles. The van der Waals surface area contributed by atoms with Gasteiger partial charge in [0.2, 0.25) is 5.91 Å². The van der Waals surface area contributed by atoms with Crippen molar-refractivity contribution >= 4 is 26.2 Å². The van der Waals surface area contributed by atoms with Crippen LogP contribution in [0.2, 0.25) is 18.1 Å². The van der Waals surface area contributed by atoms with Gasteiger partial charge in [-0.15, -0.1) is 0 Å². The van der Waals surface area contributed by atoms with Gasteiger partial charge in [-0.2, -0.15) is 0 Å². The molecule has 7 nitrogen and oxygen atoms in total. The zero-order valence-corrected chi connectivity index (χ0v) is 16.8. The first-order valence-electron chi connectivity index (χ1n) is 8.07. The van der Waals surface area contributed by atoms with Gasteiger partial charge in [0.1, 0.15) is 5.92 Å². The highest BCUT2D eigenvalue weighted by atomic mass is 28.4. The summed E-state index contributed by atoms with van der Waals surface area (Å²) >= 11 is 0. The van der Waals surface area contributed by atoms with Crippen molar-refractivity contribution in [1.29, 1.82) is 0 Å². The molecule has 0 aromatic heterocycles. The van der Waals surface area contributed by atoms with Gasteiger partial charge in [-0.1, -0.05) is 20.8 Å².